The number of nitrogens with zero attached hydrogens (tertiary/aromatic N) is 2. The van der Waals surface area contributed by atoms with E-state index < -0.39 is 6.09 Å². The molecule has 0 aromatic heterocycles. The van der Waals surface area contributed by atoms with E-state index in [1.54, 1.807) is 46.2 Å². The number of hydrogen-bond donors (Lipinski definition) is 0. The van der Waals surface area contributed by atoms with Gasteiger partial charge in [-0.3, -0.25) is 4.79 Å². The fraction of sp³-hybridized carbons (Fsp3) is 0.300. The maximum atomic E-state index is 12.9. The predicted molar refractivity (Wildman–Crippen MR) is 95.3 cm³/mol. The number of piperazine rings is 1. The highest BCUT2D eigenvalue weighted by molar-refractivity contribution is 5.77. The zero-order valence-corrected chi connectivity index (χ0v) is 14.4. The predicted octanol–water partition coefficient (Wildman–Crippen LogP) is 3.10. The number of aryl methyl sites for hydroxylation is 1. The van der Waals surface area contributed by atoms with Gasteiger partial charge in [0.25, 0.3) is 0 Å². The maximum Gasteiger partial charge on any atom is 0.415 e. The first-order valence-electron chi connectivity index (χ1n) is 8.66. The maximum absolute atomic E-state index is 12.9. The molecule has 6 heteroatoms. The Hall–Kier alpha value is -2.89. The molecule has 2 aromatic rings. The zero-order valence-electron chi connectivity index (χ0n) is 14.4. The number of halogens is 1. The fourth-order valence-electron chi connectivity index (χ4n) is 2.85. The fourth-order valence-corrected chi connectivity index (χ4v) is 2.85. The SMILES string of the molecule is O=C(CCc1ccc(F)cc1)N1CCN(C(=O)Oc2ccccc2)CC1. The van der Waals surface area contributed by atoms with E-state index in [4.69, 9.17) is 4.74 Å². The molecule has 0 radical (unpaired) electrons. The number of carbonyl (C=O) groups excluding carboxylic acids is 2. The first kappa shape index (κ1) is 17.9. The van der Waals surface area contributed by atoms with Crippen LogP contribution in [0.1, 0.15) is 12.0 Å². The molecule has 1 heterocycles. The molecule has 2 aromatic carbocycles. The lowest BCUT2D eigenvalue weighted by Crippen LogP contribution is -2.51. The third kappa shape index (κ3) is 4.81. The summed E-state index contributed by atoms with van der Waals surface area (Å²) < 4.78 is 18.2. The van der Waals surface area contributed by atoms with Crippen molar-refractivity contribution in [2.45, 2.75) is 12.8 Å². The molecule has 0 atom stereocenters. The van der Waals surface area contributed by atoms with Crippen LogP contribution in [0.15, 0.2) is 54.6 Å². The smallest absolute Gasteiger partial charge is 0.410 e. The summed E-state index contributed by atoms with van der Waals surface area (Å²) in [4.78, 5) is 27.8. The van der Waals surface area contributed by atoms with Crippen LogP contribution in [0.25, 0.3) is 0 Å². The van der Waals surface area contributed by atoms with Gasteiger partial charge in [0.1, 0.15) is 11.6 Å². The van der Waals surface area contributed by atoms with Gasteiger partial charge in [0.05, 0.1) is 0 Å². The minimum atomic E-state index is -0.394. The van der Waals surface area contributed by atoms with Crippen LogP contribution in [-0.4, -0.2) is 48.0 Å². The Kier molecular flexibility index (Phi) is 5.84. The second-order valence-corrected chi connectivity index (χ2v) is 6.18. The van der Waals surface area contributed by atoms with Gasteiger partial charge in [0.2, 0.25) is 5.91 Å². The van der Waals surface area contributed by atoms with E-state index in [1.165, 1.54) is 12.1 Å². The Balaban J connectivity index is 1.43. The van der Waals surface area contributed by atoms with Gasteiger partial charge in [-0.15, -0.1) is 0 Å². The van der Waals surface area contributed by atoms with E-state index >= 15 is 0 Å². The number of benzene rings is 2. The Bertz CT molecular complexity index is 741. The topological polar surface area (TPSA) is 49.9 Å². The Labute approximate surface area is 152 Å². The van der Waals surface area contributed by atoms with Gasteiger partial charge in [-0.1, -0.05) is 30.3 Å². The Morgan fingerprint density at radius 1 is 0.885 bits per heavy atom. The van der Waals surface area contributed by atoms with E-state index in [2.05, 4.69) is 0 Å². The summed E-state index contributed by atoms with van der Waals surface area (Å²) in [6.07, 6.45) is 0.560. The summed E-state index contributed by atoms with van der Waals surface area (Å²) in [5, 5.41) is 0. The molecule has 3 rings (SSSR count). The highest BCUT2D eigenvalue weighted by Crippen LogP contribution is 2.13. The van der Waals surface area contributed by atoms with Gasteiger partial charge in [-0.05, 0) is 36.2 Å². The summed E-state index contributed by atoms with van der Waals surface area (Å²) in [5.74, 6) is 0.277. The lowest BCUT2D eigenvalue weighted by molar-refractivity contribution is -0.132. The van der Waals surface area contributed by atoms with E-state index in [-0.39, 0.29) is 11.7 Å². The van der Waals surface area contributed by atoms with Crippen molar-refractivity contribution in [3.8, 4) is 5.75 Å². The van der Waals surface area contributed by atoms with Crippen LogP contribution in [0.2, 0.25) is 0 Å². The van der Waals surface area contributed by atoms with Gasteiger partial charge in [-0.2, -0.15) is 0 Å². The molecule has 26 heavy (non-hydrogen) atoms. The van der Waals surface area contributed by atoms with E-state index in [9.17, 15) is 14.0 Å². The molecule has 0 unspecified atom stereocenters. The number of rotatable bonds is 4. The van der Waals surface area contributed by atoms with Crippen molar-refractivity contribution in [3.63, 3.8) is 0 Å². The number of para-hydroxylation sites is 1. The van der Waals surface area contributed by atoms with Gasteiger partial charge in [-0.25, -0.2) is 9.18 Å². The summed E-state index contributed by atoms with van der Waals surface area (Å²) in [7, 11) is 0. The average molecular weight is 356 g/mol. The van der Waals surface area contributed by atoms with Gasteiger partial charge in [0.15, 0.2) is 0 Å². The van der Waals surface area contributed by atoms with Crippen molar-refractivity contribution in [3.05, 3.63) is 66.0 Å². The van der Waals surface area contributed by atoms with Gasteiger partial charge >= 0.3 is 6.09 Å². The number of carbonyl (C=O) groups is 2. The van der Waals surface area contributed by atoms with Crippen LogP contribution in [0.4, 0.5) is 9.18 Å². The Morgan fingerprint density at radius 3 is 2.15 bits per heavy atom. The van der Waals surface area contributed by atoms with Gasteiger partial charge in [0, 0.05) is 32.6 Å². The third-order valence-electron chi connectivity index (χ3n) is 4.38. The van der Waals surface area contributed by atoms with Crippen LogP contribution in [0, 0.1) is 5.82 Å². The second kappa shape index (κ2) is 8.47. The van der Waals surface area contributed by atoms with Crippen molar-refractivity contribution in [1.29, 1.82) is 0 Å². The lowest BCUT2D eigenvalue weighted by atomic mass is 10.1. The molecular weight excluding hydrogens is 335 g/mol. The number of ether oxygens (including phenoxy) is 1. The number of hydrogen-bond acceptors (Lipinski definition) is 3. The first-order valence-corrected chi connectivity index (χ1v) is 8.66. The standard InChI is InChI=1S/C20H21FN2O3/c21-17-9-6-16(7-10-17)8-11-19(24)22-12-14-23(15-13-22)20(25)26-18-4-2-1-3-5-18/h1-7,9-10H,8,11-15H2. The van der Waals surface area contributed by atoms with Gasteiger partial charge < -0.3 is 14.5 Å². The van der Waals surface area contributed by atoms with Crippen molar-refractivity contribution in [1.82, 2.24) is 9.80 Å². The quantitative estimate of drug-likeness (QED) is 0.846. The molecule has 1 aliphatic rings. The molecule has 0 spiro atoms. The van der Waals surface area contributed by atoms with Crippen LogP contribution < -0.4 is 4.74 Å². The molecule has 5 nitrogen and oxygen atoms in total. The highest BCUT2D eigenvalue weighted by atomic mass is 19.1. The largest absolute Gasteiger partial charge is 0.415 e. The van der Waals surface area contributed by atoms with Crippen LogP contribution in [-0.2, 0) is 11.2 Å². The van der Waals surface area contributed by atoms with Crippen LogP contribution in [0.3, 0.4) is 0 Å². The minimum Gasteiger partial charge on any atom is -0.410 e. The molecule has 0 saturated carbocycles. The molecule has 1 aliphatic heterocycles. The zero-order chi connectivity index (χ0) is 18.4. The number of amides is 2. The van der Waals surface area contributed by atoms with Crippen LogP contribution in [0.5, 0.6) is 5.75 Å². The van der Waals surface area contributed by atoms with E-state index in [0.29, 0.717) is 44.8 Å². The molecule has 2 amide bonds. The first-order chi connectivity index (χ1) is 12.6. The molecule has 136 valence electrons. The van der Waals surface area contributed by atoms with Crippen molar-refractivity contribution < 1.29 is 18.7 Å². The van der Waals surface area contributed by atoms with E-state index in [1.807, 2.05) is 6.07 Å². The van der Waals surface area contributed by atoms with Crippen molar-refractivity contribution in [2.75, 3.05) is 26.2 Å². The molecular formula is C20H21FN2O3. The van der Waals surface area contributed by atoms with Crippen molar-refractivity contribution in [2.24, 2.45) is 0 Å². The Morgan fingerprint density at radius 2 is 1.50 bits per heavy atom. The normalized spacial score (nSPS) is 14.2. The second-order valence-electron chi connectivity index (χ2n) is 6.18. The average Bonchev–Trinajstić information content (AvgIpc) is 2.68. The molecule has 1 saturated heterocycles. The highest BCUT2D eigenvalue weighted by Gasteiger charge is 2.25. The molecule has 0 bridgehead atoms. The summed E-state index contributed by atoms with van der Waals surface area (Å²) in [5.41, 5.74) is 0.935. The molecule has 0 aliphatic carbocycles. The van der Waals surface area contributed by atoms with Crippen molar-refractivity contribution >= 4 is 12.0 Å². The molecule has 0 N–H and O–H groups in total. The lowest BCUT2D eigenvalue weighted by Gasteiger charge is -2.34. The van der Waals surface area contributed by atoms with E-state index in [0.717, 1.165) is 5.56 Å². The van der Waals surface area contributed by atoms with Crippen LogP contribution >= 0.6 is 0 Å². The monoisotopic (exact) mass is 356 g/mol. The third-order valence-corrected chi connectivity index (χ3v) is 4.38. The summed E-state index contributed by atoms with van der Waals surface area (Å²) >= 11 is 0. The molecule has 1 fully saturated rings. The summed E-state index contributed by atoms with van der Waals surface area (Å²) in [6.45, 7) is 1.89. The summed E-state index contributed by atoms with van der Waals surface area (Å²) in [6, 6.07) is 15.1. The minimum absolute atomic E-state index is 0.0467.